The molecule has 1 N–H and O–H groups in total. The summed E-state index contributed by atoms with van der Waals surface area (Å²) >= 11 is 5.57. The molecule has 104 valence electrons. The average molecular weight is 276 g/mol. The van der Waals surface area contributed by atoms with Gasteiger partial charge in [-0.2, -0.15) is 0 Å². The van der Waals surface area contributed by atoms with E-state index in [1.807, 2.05) is 0 Å². The van der Waals surface area contributed by atoms with E-state index in [-0.39, 0.29) is 0 Å². The maximum Gasteiger partial charge on any atom is 0.173 e. The summed E-state index contributed by atoms with van der Waals surface area (Å²) in [5.74, 6) is 1.45. The SMILES string of the molecule is Cc1ccc(NC(=S)N2CC(C)CC(C)C2)c(C)c1. The third-order valence-corrected chi connectivity index (χ3v) is 4.14. The van der Waals surface area contributed by atoms with Crippen molar-refractivity contribution in [2.24, 2.45) is 11.8 Å². The lowest BCUT2D eigenvalue weighted by Crippen LogP contribution is -2.44. The Hall–Kier alpha value is -1.09. The van der Waals surface area contributed by atoms with Crippen molar-refractivity contribution in [3.05, 3.63) is 29.3 Å². The Kier molecular flexibility index (Phi) is 4.46. The number of hydrogen-bond acceptors (Lipinski definition) is 1. The summed E-state index contributed by atoms with van der Waals surface area (Å²) in [7, 11) is 0. The van der Waals surface area contributed by atoms with Crippen molar-refractivity contribution in [2.75, 3.05) is 18.4 Å². The van der Waals surface area contributed by atoms with Crippen LogP contribution in [0.25, 0.3) is 0 Å². The summed E-state index contributed by atoms with van der Waals surface area (Å²) in [6.45, 7) is 11.0. The normalized spacial score (nSPS) is 23.3. The molecule has 1 aliphatic heterocycles. The molecule has 0 amide bonds. The van der Waals surface area contributed by atoms with Crippen molar-refractivity contribution < 1.29 is 0 Å². The molecule has 0 bridgehead atoms. The molecule has 2 rings (SSSR count). The van der Waals surface area contributed by atoms with E-state index in [1.54, 1.807) is 0 Å². The number of aryl methyl sites for hydroxylation is 2. The van der Waals surface area contributed by atoms with Gasteiger partial charge in [-0.1, -0.05) is 31.5 Å². The molecule has 19 heavy (non-hydrogen) atoms. The van der Waals surface area contributed by atoms with Crippen LogP contribution in [0.15, 0.2) is 18.2 Å². The van der Waals surface area contributed by atoms with E-state index < -0.39 is 0 Å². The number of likely N-dealkylation sites (tertiary alicyclic amines) is 1. The molecule has 1 aromatic carbocycles. The van der Waals surface area contributed by atoms with Crippen molar-refractivity contribution >= 4 is 23.0 Å². The van der Waals surface area contributed by atoms with Gasteiger partial charge in [0.25, 0.3) is 0 Å². The summed E-state index contributed by atoms with van der Waals surface area (Å²) in [4.78, 5) is 2.31. The predicted molar refractivity (Wildman–Crippen MR) is 86.7 cm³/mol. The largest absolute Gasteiger partial charge is 0.348 e. The topological polar surface area (TPSA) is 15.3 Å². The lowest BCUT2D eigenvalue weighted by molar-refractivity contribution is 0.216. The van der Waals surface area contributed by atoms with Crippen molar-refractivity contribution in [1.29, 1.82) is 0 Å². The quantitative estimate of drug-likeness (QED) is 0.781. The predicted octanol–water partition coefficient (Wildman–Crippen LogP) is 3.98. The van der Waals surface area contributed by atoms with Crippen LogP contribution in [-0.2, 0) is 0 Å². The molecule has 0 aliphatic carbocycles. The first-order valence-electron chi connectivity index (χ1n) is 7.09. The molecule has 1 saturated heterocycles. The molecule has 1 aromatic rings. The fourth-order valence-electron chi connectivity index (χ4n) is 2.98. The van der Waals surface area contributed by atoms with Crippen LogP contribution in [0.1, 0.15) is 31.4 Å². The molecule has 0 aromatic heterocycles. The molecule has 2 atom stereocenters. The van der Waals surface area contributed by atoms with Crippen LogP contribution in [0.3, 0.4) is 0 Å². The first kappa shape index (κ1) is 14.3. The lowest BCUT2D eigenvalue weighted by atomic mass is 9.92. The average Bonchev–Trinajstić information content (AvgIpc) is 2.31. The van der Waals surface area contributed by atoms with E-state index >= 15 is 0 Å². The van der Waals surface area contributed by atoms with Gasteiger partial charge >= 0.3 is 0 Å². The second-order valence-electron chi connectivity index (χ2n) is 6.10. The lowest BCUT2D eigenvalue weighted by Gasteiger charge is -2.36. The number of benzene rings is 1. The van der Waals surface area contributed by atoms with E-state index in [0.29, 0.717) is 0 Å². The number of piperidine rings is 1. The third kappa shape index (κ3) is 3.69. The van der Waals surface area contributed by atoms with Gasteiger partial charge in [-0.25, -0.2) is 0 Å². The van der Waals surface area contributed by atoms with Gasteiger partial charge in [0.1, 0.15) is 0 Å². The summed E-state index contributed by atoms with van der Waals surface area (Å²) in [6, 6.07) is 6.43. The first-order chi connectivity index (χ1) is 8.95. The second-order valence-corrected chi connectivity index (χ2v) is 6.49. The number of rotatable bonds is 1. The number of thiocarbonyl (C=S) groups is 1. The second kappa shape index (κ2) is 5.91. The van der Waals surface area contributed by atoms with E-state index in [1.165, 1.54) is 17.5 Å². The Morgan fingerprint density at radius 3 is 2.42 bits per heavy atom. The fourth-order valence-corrected chi connectivity index (χ4v) is 3.24. The van der Waals surface area contributed by atoms with Gasteiger partial charge in [-0.05, 0) is 56.0 Å². The summed E-state index contributed by atoms with van der Waals surface area (Å²) < 4.78 is 0. The van der Waals surface area contributed by atoms with Crippen LogP contribution in [-0.4, -0.2) is 23.1 Å². The smallest absolute Gasteiger partial charge is 0.173 e. The minimum atomic E-state index is 0.725. The minimum Gasteiger partial charge on any atom is -0.348 e. The van der Waals surface area contributed by atoms with E-state index in [9.17, 15) is 0 Å². The zero-order chi connectivity index (χ0) is 14.0. The van der Waals surface area contributed by atoms with E-state index in [4.69, 9.17) is 12.2 Å². The van der Waals surface area contributed by atoms with E-state index in [2.05, 4.69) is 56.1 Å². The monoisotopic (exact) mass is 276 g/mol. The Morgan fingerprint density at radius 2 is 1.84 bits per heavy atom. The Labute approximate surface area is 122 Å². The van der Waals surface area contributed by atoms with Gasteiger partial charge in [-0.15, -0.1) is 0 Å². The van der Waals surface area contributed by atoms with Crippen LogP contribution in [0.5, 0.6) is 0 Å². The summed E-state index contributed by atoms with van der Waals surface area (Å²) in [6.07, 6.45) is 1.31. The van der Waals surface area contributed by atoms with E-state index in [0.717, 1.165) is 35.7 Å². The minimum absolute atomic E-state index is 0.725. The summed E-state index contributed by atoms with van der Waals surface area (Å²) in [5, 5.41) is 4.27. The maximum atomic E-state index is 5.57. The molecule has 1 heterocycles. The van der Waals surface area contributed by atoms with Crippen molar-refractivity contribution in [3.8, 4) is 0 Å². The molecule has 1 fully saturated rings. The van der Waals surface area contributed by atoms with Crippen LogP contribution in [0.2, 0.25) is 0 Å². The number of hydrogen-bond donors (Lipinski definition) is 1. The highest BCUT2D eigenvalue weighted by molar-refractivity contribution is 7.80. The highest BCUT2D eigenvalue weighted by atomic mass is 32.1. The first-order valence-corrected chi connectivity index (χ1v) is 7.49. The number of nitrogens with zero attached hydrogens (tertiary/aromatic N) is 1. The number of nitrogens with one attached hydrogen (secondary N) is 1. The van der Waals surface area contributed by atoms with Crippen LogP contribution in [0, 0.1) is 25.7 Å². The van der Waals surface area contributed by atoms with Gasteiger partial charge in [-0.3, -0.25) is 0 Å². The van der Waals surface area contributed by atoms with Gasteiger partial charge in [0, 0.05) is 18.8 Å². The standard InChI is InChI=1S/C16H24N2S/c1-11-5-6-15(14(4)8-11)17-16(19)18-9-12(2)7-13(3)10-18/h5-6,8,12-13H,7,9-10H2,1-4H3,(H,17,19). The van der Waals surface area contributed by atoms with Crippen LogP contribution in [0.4, 0.5) is 5.69 Å². The fraction of sp³-hybridized carbons (Fsp3) is 0.562. The molecule has 1 aliphatic rings. The Morgan fingerprint density at radius 1 is 1.21 bits per heavy atom. The Bertz CT molecular complexity index is 460. The van der Waals surface area contributed by atoms with Crippen molar-refractivity contribution in [3.63, 3.8) is 0 Å². The van der Waals surface area contributed by atoms with Gasteiger partial charge in [0.05, 0.1) is 0 Å². The van der Waals surface area contributed by atoms with Crippen molar-refractivity contribution in [1.82, 2.24) is 4.90 Å². The Balaban J connectivity index is 2.04. The molecule has 3 heteroatoms. The van der Waals surface area contributed by atoms with Gasteiger partial charge in [0.15, 0.2) is 5.11 Å². The molecular formula is C16H24N2S. The van der Waals surface area contributed by atoms with Gasteiger partial charge < -0.3 is 10.2 Å². The molecule has 2 nitrogen and oxygen atoms in total. The zero-order valence-electron chi connectivity index (χ0n) is 12.4. The van der Waals surface area contributed by atoms with Crippen molar-refractivity contribution in [2.45, 2.75) is 34.1 Å². The maximum absolute atomic E-state index is 5.57. The highest BCUT2D eigenvalue weighted by Crippen LogP contribution is 2.23. The molecule has 2 unspecified atom stereocenters. The number of anilines is 1. The highest BCUT2D eigenvalue weighted by Gasteiger charge is 2.23. The van der Waals surface area contributed by atoms with Crippen LogP contribution >= 0.6 is 12.2 Å². The third-order valence-electron chi connectivity index (χ3n) is 3.78. The molecule has 0 saturated carbocycles. The zero-order valence-corrected chi connectivity index (χ0v) is 13.2. The van der Waals surface area contributed by atoms with Crippen LogP contribution < -0.4 is 5.32 Å². The molecular weight excluding hydrogens is 252 g/mol. The molecule has 0 radical (unpaired) electrons. The summed E-state index contributed by atoms with van der Waals surface area (Å²) in [5.41, 5.74) is 3.66. The molecule has 0 spiro atoms. The van der Waals surface area contributed by atoms with Gasteiger partial charge in [0.2, 0.25) is 0 Å².